The number of hydrogen-bond donors (Lipinski definition) is 2. The summed E-state index contributed by atoms with van der Waals surface area (Å²) in [4.78, 5) is 14.2. The highest BCUT2D eigenvalue weighted by Gasteiger charge is 2.13. The van der Waals surface area contributed by atoms with Gasteiger partial charge in [-0.15, -0.1) is 24.8 Å². The molecule has 1 rings (SSSR count). The monoisotopic (exact) mass is 349 g/mol. The van der Waals surface area contributed by atoms with Crippen molar-refractivity contribution in [3.63, 3.8) is 0 Å². The maximum atomic E-state index is 11.9. The molecule has 0 saturated carbocycles. The average Bonchev–Trinajstić information content (AvgIpc) is 2.47. The summed E-state index contributed by atoms with van der Waals surface area (Å²) in [6, 6.07) is 9.40. The molecule has 6 heteroatoms. The number of hydrogen-bond acceptors (Lipinski definition) is 3. The van der Waals surface area contributed by atoms with Gasteiger partial charge in [0.15, 0.2) is 0 Å². The van der Waals surface area contributed by atoms with E-state index in [0.29, 0.717) is 13.0 Å². The predicted octanol–water partition coefficient (Wildman–Crippen LogP) is 2.25. The smallest absolute Gasteiger partial charge is 0.237 e. The minimum absolute atomic E-state index is 0. The lowest BCUT2D eigenvalue weighted by Crippen LogP contribution is -2.44. The van der Waals surface area contributed by atoms with Crippen LogP contribution in [0.25, 0.3) is 0 Å². The highest BCUT2D eigenvalue weighted by atomic mass is 35.5. The van der Waals surface area contributed by atoms with Crippen LogP contribution in [0.1, 0.15) is 25.8 Å². The van der Waals surface area contributed by atoms with Gasteiger partial charge in [0.05, 0.1) is 6.04 Å². The molecule has 1 amide bonds. The quantitative estimate of drug-likeness (QED) is 0.718. The topological polar surface area (TPSA) is 58.4 Å². The van der Waals surface area contributed by atoms with E-state index in [-0.39, 0.29) is 30.7 Å². The Bertz CT molecular complexity index is 390. The van der Waals surface area contributed by atoms with Gasteiger partial charge in [-0.2, -0.15) is 0 Å². The van der Waals surface area contributed by atoms with Crippen LogP contribution >= 0.6 is 24.8 Å². The minimum Gasteiger partial charge on any atom is -0.353 e. The molecule has 0 aliphatic rings. The van der Waals surface area contributed by atoms with Crippen LogP contribution in [0, 0.1) is 0 Å². The normalized spacial score (nSPS) is 11.3. The molecule has 0 aliphatic carbocycles. The Morgan fingerprint density at radius 2 is 1.82 bits per heavy atom. The number of carbonyl (C=O) groups is 1. The standard InChI is InChI=1S/C16H27N3O.2ClH/c1-3-11-19(4-2)12-10-18-16(20)15(17)13-14-8-6-5-7-9-14;;/h5-9,15H,3-4,10-13,17H2,1-2H3,(H,18,20);2*1H/t15-;;/m0../s1. The van der Waals surface area contributed by atoms with Crippen LogP contribution < -0.4 is 11.1 Å². The third-order valence-electron chi connectivity index (χ3n) is 3.35. The lowest BCUT2D eigenvalue weighted by molar-refractivity contribution is -0.122. The second-order valence-corrected chi connectivity index (χ2v) is 5.02. The van der Waals surface area contributed by atoms with Crippen LogP contribution in [0.5, 0.6) is 0 Å². The van der Waals surface area contributed by atoms with Gasteiger partial charge in [0, 0.05) is 13.1 Å². The lowest BCUT2D eigenvalue weighted by Gasteiger charge is -2.20. The van der Waals surface area contributed by atoms with Gasteiger partial charge in [-0.05, 0) is 31.5 Å². The number of benzene rings is 1. The lowest BCUT2D eigenvalue weighted by atomic mass is 10.1. The molecule has 0 spiro atoms. The Hall–Kier alpha value is -0.810. The van der Waals surface area contributed by atoms with E-state index < -0.39 is 6.04 Å². The molecule has 1 atom stereocenters. The number of nitrogens with two attached hydrogens (primary N) is 1. The molecule has 128 valence electrons. The maximum Gasteiger partial charge on any atom is 0.237 e. The van der Waals surface area contributed by atoms with Crippen LogP contribution in [-0.2, 0) is 11.2 Å². The number of halogens is 2. The van der Waals surface area contributed by atoms with E-state index in [0.717, 1.165) is 31.6 Å². The van der Waals surface area contributed by atoms with Gasteiger partial charge in [0.2, 0.25) is 5.91 Å². The molecule has 22 heavy (non-hydrogen) atoms. The van der Waals surface area contributed by atoms with E-state index in [1.807, 2.05) is 30.3 Å². The van der Waals surface area contributed by atoms with E-state index in [9.17, 15) is 4.79 Å². The third-order valence-corrected chi connectivity index (χ3v) is 3.35. The average molecular weight is 350 g/mol. The second-order valence-electron chi connectivity index (χ2n) is 5.02. The Balaban J connectivity index is 0. The summed E-state index contributed by atoms with van der Waals surface area (Å²) in [5.74, 6) is -0.0681. The zero-order valence-corrected chi connectivity index (χ0v) is 15.1. The van der Waals surface area contributed by atoms with Crippen LogP contribution in [-0.4, -0.2) is 43.0 Å². The zero-order valence-electron chi connectivity index (χ0n) is 13.5. The van der Waals surface area contributed by atoms with Crippen LogP contribution in [0.4, 0.5) is 0 Å². The molecule has 0 bridgehead atoms. The predicted molar refractivity (Wildman–Crippen MR) is 98.0 cm³/mol. The molecule has 1 aromatic carbocycles. The second kappa shape index (κ2) is 13.8. The molecule has 1 aromatic rings. The number of likely N-dealkylation sites (N-methyl/N-ethyl adjacent to an activating group) is 1. The van der Waals surface area contributed by atoms with Gasteiger partial charge < -0.3 is 16.0 Å². The molecule has 0 radical (unpaired) electrons. The molecular formula is C16H29Cl2N3O. The van der Waals surface area contributed by atoms with Gasteiger partial charge in [-0.3, -0.25) is 4.79 Å². The summed E-state index contributed by atoms with van der Waals surface area (Å²) in [7, 11) is 0. The van der Waals surface area contributed by atoms with Crippen molar-refractivity contribution < 1.29 is 4.79 Å². The SMILES string of the molecule is CCCN(CC)CCNC(=O)[C@@H](N)Cc1ccccc1.Cl.Cl. The van der Waals surface area contributed by atoms with Gasteiger partial charge in [-0.25, -0.2) is 0 Å². The largest absolute Gasteiger partial charge is 0.353 e. The van der Waals surface area contributed by atoms with Crippen molar-refractivity contribution in [1.82, 2.24) is 10.2 Å². The fourth-order valence-electron chi connectivity index (χ4n) is 2.17. The summed E-state index contributed by atoms with van der Waals surface area (Å²) in [6.07, 6.45) is 1.72. The van der Waals surface area contributed by atoms with E-state index in [2.05, 4.69) is 24.1 Å². The van der Waals surface area contributed by atoms with Crippen LogP contribution in [0.15, 0.2) is 30.3 Å². The Kier molecular flexibility index (Phi) is 14.7. The molecule has 0 aliphatic heterocycles. The first-order valence-electron chi connectivity index (χ1n) is 7.47. The number of carbonyl (C=O) groups excluding carboxylic acids is 1. The molecule has 4 nitrogen and oxygen atoms in total. The van der Waals surface area contributed by atoms with Crippen LogP contribution in [0.2, 0.25) is 0 Å². The van der Waals surface area contributed by atoms with E-state index in [4.69, 9.17) is 5.73 Å². The van der Waals surface area contributed by atoms with Crippen molar-refractivity contribution in [3.8, 4) is 0 Å². The molecule has 0 heterocycles. The van der Waals surface area contributed by atoms with E-state index in [1.54, 1.807) is 0 Å². The summed E-state index contributed by atoms with van der Waals surface area (Å²) in [5.41, 5.74) is 7.03. The highest BCUT2D eigenvalue weighted by molar-refractivity contribution is 5.85. The summed E-state index contributed by atoms with van der Waals surface area (Å²) < 4.78 is 0. The molecule has 0 saturated heterocycles. The van der Waals surface area contributed by atoms with Gasteiger partial charge in [0.1, 0.15) is 0 Å². The number of rotatable bonds is 9. The van der Waals surface area contributed by atoms with Crippen molar-refractivity contribution in [2.45, 2.75) is 32.7 Å². The molecule has 3 N–H and O–H groups in total. The van der Waals surface area contributed by atoms with Crippen LogP contribution in [0.3, 0.4) is 0 Å². The van der Waals surface area contributed by atoms with E-state index in [1.165, 1.54) is 0 Å². The number of amides is 1. The zero-order chi connectivity index (χ0) is 14.8. The molecule has 0 aromatic heterocycles. The number of nitrogens with one attached hydrogen (secondary N) is 1. The Labute approximate surface area is 146 Å². The van der Waals surface area contributed by atoms with Gasteiger partial charge in [0.25, 0.3) is 0 Å². The summed E-state index contributed by atoms with van der Waals surface area (Å²) >= 11 is 0. The summed E-state index contributed by atoms with van der Waals surface area (Å²) in [5, 5.41) is 2.92. The first-order valence-corrected chi connectivity index (χ1v) is 7.47. The van der Waals surface area contributed by atoms with Crippen molar-refractivity contribution in [3.05, 3.63) is 35.9 Å². The number of nitrogens with zero attached hydrogens (tertiary/aromatic N) is 1. The Morgan fingerprint density at radius 3 is 2.36 bits per heavy atom. The van der Waals surface area contributed by atoms with Crippen molar-refractivity contribution in [1.29, 1.82) is 0 Å². The van der Waals surface area contributed by atoms with Gasteiger partial charge >= 0.3 is 0 Å². The van der Waals surface area contributed by atoms with Crippen molar-refractivity contribution in [2.75, 3.05) is 26.2 Å². The fraction of sp³-hybridized carbons (Fsp3) is 0.562. The van der Waals surface area contributed by atoms with Crippen molar-refractivity contribution in [2.24, 2.45) is 5.73 Å². The fourth-order valence-corrected chi connectivity index (χ4v) is 2.17. The molecule has 0 fully saturated rings. The van der Waals surface area contributed by atoms with E-state index >= 15 is 0 Å². The minimum atomic E-state index is -0.473. The summed E-state index contributed by atoms with van der Waals surface area (Å²) in [6.45, 7) is 7.93. The molecular weight excluding hydrogens is 321 g/mol. The van der Waals surface area contributed by atoms with Gasteiger partial charge in [-0.1, -0.05) is 44.2 Å². The third kappa shape index (κ3) is 9.26. The first kappa shape index (κ1) is 23.5. The first-order chi connectivity index (χ1) is 9.67. The Morgan fingerprint density at radius 1 is 1.18 bits per heavy atom. The highest BCUT2D eigenvalue weighted by Crippen LogP contribution is 2.01. The van der Waals surface area contributed by atoms with Crippen molar-refractivity contribution >= 4 is 30.7 Å². The maximum absolute atomic E-state index is 11.9. The molecule has 0 unspecified atom stereocenters.